The lowest BCUT2D eigenvalue weighted by molar-refractivity contribution is 0.172. The van der Waals surface area contributed by atoms with Crippen molar-refractivity contribution in [2.45, 2.75) is 39.7 Å². The van der Waals surface area contributed by atoms with Crippen LogP contribution in [0.25, 0.3) is 0 Å². The summed E-state index contributed by atoms with van der Waals surface area (Å²) in [6.45, 7) is 6.42. The maximum absolute atomic E-state index is 8.73. The average molecular weight is 133 g/mol. The molecular weight excluding hydrogens is 114 g/mol. The molecule has 0 heterocycles. The van der Waals surface area contributed by atoms with Gasteiger partial charge in [-0.05, 0) is 6.42 Å². The highest BCUT2D eigenvalue weighted by atomic mass is 16.3. The Bertz CT molecular complexity index is 39.9. The molecule has 0 radical (unpaired) electrons. The fourth-order valence-corrected chi connectivity index (χ4v) is 0.451. The van der Waals surface area contributed by atoms with E-state index in [0.29, 0.717) is 6.54 Å². The molecule has 0 bridgehead atoms. The topological polar surface area (TPSA) is 46.2 Å². The second kappa shape index (κ2) is 10.8. The van der Waals surface area contributed by atoms with Gasteiger partial charge in [0.15, 0.2) is 0 Å². The first-order valence-electron chi connectivity index (χ1n) is 3.69. The summed E-state index contributed by atoms with van der Waals surface area (Å²) in [6, 6.07) is 0. The number of rotatable bonds is 3. The summed E-state index contributed by atoms with van der Waals surface area (Å²) in [6.07, 6.45) is 1.57. The predicted molar refractivity (Wildman–Crippen MR) is 41.3 cm³/mol. The van der Waals surface area contributed by atoms with Crippen molar-refractivity contribution < 1.29 is 5.11 Å². The molecule has 1 atom stereocenters. The van der Waals surface area contributed by atoms with Gasteiger partial charge in [-0.1, -0.05) is 27.2 Å². The molecule has 0 aliphatic heterocycles. The van der Waals surface area contributed by atoms with Gasteiger partial charge in [0.1, 0.15) is 0 Å². The molecule has 0 aromatic rings. The Labute approximate surface area is 58.1 Å². The number of aliphatic hydroxyl groups excluding tert-OH is 1. The van der Waals surface area contributed by atoms with Crippen molar-refractivity contribution >= 4 is 0 Å². The molecule has 0 saturated carbocycles. The van der Waals surface area contributed by atoms with Crippen LogP contribution < -0.4 is 5.73 Å². The average Bonchev–Trinajstić information content (AvgIpc) is 1.93. The van der Waals surface area contributed by atoms with Gasteiger partial charge in [0, 0.05) is 6.54 Å². The fourth-order valence-electron chi connectivity index (χ4n) is 0.451. The number of hydrogen-bond donors (Lipinski definition) is 2. The van der Waals surface area contributed by atoms with Gasteiger partial charge >= 0.3 is 0 Å². The Morgan fingerprint density at radius 2 is 1.89 bits per heavy atom. The SMILES string of the molecule is CC.CCCC(O)CN. The van der Waals surface area contributed by atoms with Gasteiger partial charge in [0.2, 0.25) is 0 Å². The largest absolute Gasteiger partial charge is 0.392 e. The molecule has 2 heteroatoms. The third-order valence-electron chi connectivity index (χ3n) is 0.894. The van der Waals surface area contributed by atoms with E-state index in [4.69, 9.17) is 10.8 Å². The van der Waals surface area contributed by atoms with Crippen LogP contribution in [0.5, 0.6) is 0 Å². The van der Waals surface area contributed by atoms with Crippen LogP contribution in [0.1, 0.15) is 33.6 Å². The van der Waals surface area contributed by atoms with Gasteiger partial charge in [-0.2, -0.15) is 0 Å². The minimum Gasteiger partial charge on any atom is -0.392 e. The first-order chi connectivity index (χ1) is 4.31. The predicted octanol–water partition coefficient (Wildman–Crippen LogP) is 1.13. The molecule has 0 spiro atoms. The van der Waals surface area contributed by atoms with Crippen LogP contribution in [0.4, 0.5) is 0 Å². The lowest BCUT2D eigenvalue weighted by Gasteiger charge is -2.01. The van der Waals surface area contributed by atoms with Crippen molar-refractivity contribution in [3.05, 3.63) is 0 Å². The lowest BCUT2D eigenvalue weighted by atomic mass is 10.2. The Morgan fingerprint density at radius 1 is 1.44 bits per heavy atom. The van der Waals surface area contributed by atoms with E-state index >= 15 is 0 Å². The molecule has 2 nitrogen and oxygen atoms in total. The summed E-state index contributed by atoms with van der Waals surface area (Å²) in [7, 11) is 0. The minimum absolute atomic E-state index is 0.273. The van der Waals surface area contributed by atoms with Crippen LogP contribution in [0, 0.1) is 0 Å². The second-order valence-electron chi connectivity index (χ2n) is 1.68. The van der Waals surface area contributed by atoms with E-state index in [1.807, 2.05) is 20.8 Å². The van der Waals surface area contributed by atoms with Gasteiger partial charge in [0.05, 0.1) is 6.10 Å². The molecule has 0 aromatic carbocycles. The van der Waals surface area contributed by atoms with Gasteiger partial charge in [-0.3, -0.25) is 0 Å². The van der Waals surface area contributed by atoms with Crippen LogP contribution in [0.3, 0.4) is 0 Å². The summed E-state index contributed by atoms with van der Waals surface area (Å²) in [4.78, 5) is 0. The highest BCUT2D eigenvalue weighted by molar-refractivity contribution is 4.51. The fraction of sp³-hybridized carbons (Fsp3) is 1.00. The highest BCUT2D eigenvalue weighted by Crippen LogP contribution is 1.91. The van der Waals surface area contributed by atoms with Gasteiger partial charge in [-0.15, -0.1) is 0 Å². The third kappa shape index (κ3) is 11.5. The van der Waals surface area contributed by atoms with Gasteiger partial charge < -0.3 is 10.8 Å². The molecule has 0 fully saturated rings. The minimum atomic E-state index is -0.273. The molecule has 0 aliphatic rings. The Hall–Kier alpha value is -0.0800. The number of nitrogens with two attached hydrogens (primary N) is 1. The molecular formula is C7H19NO. The monoisotopic (exact) mass is 133 g/mol. The van der Waals surface area contributed by atoms with Crippen molar-refractivity contribution in [1.29, 1.82) is 0 Å². The van der Waals surface area contributed by atoms with E-state index in [9.17, 15) is 0 Å². The smallest absolute Gasteiger partial charge is 0.0662 e. The first-order valence-corrected chi connectivity index (χ1v) is 3.69. The van der Waals surface area contributed by atoms with E-state index < -0.39 is 0 Å². The van der Waals surface area contributed by atoms with E-state index in [-0.39, 0.29) is 6.10 Å². The number of aliphatic hydroxyl groups is 1. The summed E-state index contributed by atoms with van der Waals surface area (Å²) < 4.78 is 0. The summed E-state index contributed by atoms with van der Waals surface area (Å²) in [5, 5.41) is 8.73. The zero-order valence-electron chi connectivity index (χ0n) is 6.72. The molecule has 0 amide bonds. The second-order valence-corrected chi connectivity index (χ2v) is 1.68. The Balaban J connectivity index is 0. The van der Waals surface area contributed by atoms with Crippen LogP contribution in [-0.2, 0) is 0 Å². The maximum Gasteiger partial charge on any atom is 0.0662 e. The highest BCUT2D eigenvalue weighted by Gasteiger charge is 1.94. The first kappa shape index (κ1) is 11.7. The van der Waals surface area contributed by atoms with Crippen molar-refractivity contribution in [1.82, 2.24) is 0 Å². The van der Waals surface area contributed by atoms with Gasteiger partial charge in [0.25, 0.3) is 0 Å². The Morgan fingerprint density at radius 3 is 2.00 bits per heavy atom. The molecule has 3 N–H and O–H groups in total. The van der Waals surface area contributed by atoms with Crippen molar-refractivity contribution in [2.75, 3.05) is 6.54 Å². The summed E-state index contributed by atoms with van der Waals surface area (Å²) in [5.74, 6) is 0. The quantitative estimate of drug-likeness (QED) is 0.606. The lowest BCUT2D eigenvalue weighted by Crippen LogP contribution is -2.18. The van der Waals surface area contributed by atoms with Crippen molar-refractivity contribution in [3.63, 3.8) is 0 Å². The standard InChI is InChI=1S/C5H13NO.C2H6/c1-2-3-5(7)4-6;1-2/h5,7H,2-4,6H2,1H3;1-2H3. The molecule has 1 unspecified atom stereocenters. The summed E-state index contributed by atoms with van der Waals surface area (Å²) >= 11 is 0. The van der Waals surface area contributed by atoms with E-state index in [0.717, 1.165) is 12.8 Å². The van der Waals surface area contributed by atoms with Gasteiger partial charge in [-0.25, -0.2) is 0 Å². The Kier molecular flexibility index (Phi) is 14.0. The molecule has 0 aromatic heterocycles. The zero-order valence-corrected chi connectivity index (χ0v) is 6.72. The molecule has 0 aliphatic carbocycles. The van der Waals surface area contributed by atoms with E-state index in [1.165, 1.54) is 0 Å². The molecule has 9 heavy (non-hydrogen) atoms. The molecule has 0 saturated heterocycles. The van der Waals surface area contributed by atoms with E-state index in [2.05, 4.69) is 0 Å². The molecule has 58 valence electrons. The third-order valence-corrected chi connectivity index (χ3v) is 0.894. The van der Waals surface area contributed by atoms with Crippen LogP contribution in [0.15, 0.2) is 0 Å². The summed E-state index contributed by atoms with van der Waals surface area (Å²) in [5.41, 5.74) is 5.11. The normalized spacial score (nSPS) is 11.7. The van der Waals surface area contributed by atoms with Crippen molar-refractivity contribution in [3.8, 4) is 0 Å². The maximum atomic E-state index is 8.73. The zero-order chi connectivity index (χ0) is 7.70. The molecule has 0 rings (SSSR count). The van der Waals surface area contributed by atoms with Crippen LogP contribution >= 0.6 is 0 Å². The number of hydrogen-bond acceptors (Lipinski definition) is 2. The van der Waals surface area contributed by atoms with E-state index in [1.54, 1.807) is 0 Å². The van der Waals surface area contributed by atoms with Crippen LogP contribution in [0.2, 0.25) is 0 Å². The van der Waals surface area contributed by atoms with Crippen molar-refractivity contribution in [2.24, 2.45) is 5.73 Å². The van der Waals surface area contributed by atoms with Crippen LogP contribution in [-0.4, -0.2) is 17.8 Å².